The third kappa shape index (κ3) is 4.67. The predicted molar refractivity (Wildman–Crippen MR) is 97.3 cm³/mol. The minimum Gasteiger partial charge on any atom is -0.309 e. The van der Waals surface area contributed by atoms with Gasteiger partial charge in [0.25, 0.3) is 0 Å². The monoisotopic (exact) mass is 365 g/mol. The number of hydrogen-bond acceptors (Lipinski definition) is 2. The van der Waals surface area contributed by atoms with Crippen LogP contribution in [0.3, 0.4) is 0 Å². The zero-order valence-electron chi connectivity index (χ0n) is 13.2. The van der Waals surface area contributed by atoms with Crippen LogP contribution in [-0.4, -0.2) is 6.54 Å². The van der Waals surface area contributed by atoms with Crippen molar-refractivity contribution in [3.8, 4) is 0 Å². The Morgan fingerprint density at radius 2 is 1.76 bits per heavy atom. The summed E-state index contributed by atoms with van der Waals surface area (Å²) in [7, 11) is 0. The van der Waals surface area contributed by atoms with E-state index in [0.29, 0.717) is 6.04 Å². The molecule has 1 atom stereocenters. The standard InChI is InChI=1S/C18H24BrNS/c1-5-20-15(12-13-6-8-14(19)9-7-13)16-10-11-17(21-16)18(2,3)4/h6-11,15,20H,5,12H2,1-4H3. The van der Waals surface area contributed by atoms with Gasteiger partial charge in [-0.1, -0.05) is 55.8 Å². The van der Waals surface area contributed by atoms with Crippen LogP contribution in [0.2, 0.25) is 0 Å². The molecule has 1 N–H and O–H groups in total. The number of nitrogens with one attached hydrogen (secondary N) is 1. The number of hydrogen-bond donors (Lipinski definition) is 1. The minimum atomic E-state index is 0.233. The normalized spacial score (nSPS) is 13.4. The van der Waals surface area contributed by atoms with Gasteiger partial charge in [0, 0.05) is 20.3 Å². The zero-order valence-corrected chi connectivity index (χ0v) is 15.6. The van der Waals surface area contributed by atoms with Crippen LogP contribution in [0.15, 0.2) is 40.9 Å². The van der Waals surface area contributed by atoms with Crippen LogP contribution in [0.4, 0.5) is 0 Å². The van der Waals surface area contributed by atoms with Crippen LogP contribution in [0.25, 0.3) is 0 Å². The van der Waals surface area contributed by atoms with E-state index in [2.05, 4.69) is 85.3 Å². The molecule has 2 aromatic rings. The van der Waals surface area contributed by atoms with Gasteiger partial charge in [0.2, 0.25) is 0 Å². The maximum atomic E-state index is 3.63. The average Bonchev–Trinajstić information content (AvgIpc) is 2.90. The van der Waals surface area contributed by atoms with Crippen molar-refractivity contribution in [2.75, 3.05) is 6.54 Å². The molecule has 0 saturated carbocycles. The summed E-state index contributed by atoms with van der Waals surface area (Å²) in [4.78, 5) is 2.89. The van der Waals surface area contributed by atoms with Gasteiger partial charge in [0.1, 0.15) is 0 Å². The maximum Gasteiger partial charge on any atom is 0.0455 e. The summed E-state index contributed by atoms with van der Waals surface area (Å²) in [5.74, 6) is 0. The molecule has 0 aliphatic carbocycles. The molecule has 0 bridgehead atoms. The Kier molecular flexibility index (Phi) is 5.64. The quantitative estimate of drug-likeness (QED) is 0.716. The van der Waals surface area contributed by atoms with Crippen molar-refractivity contribution in [1.29, 1.82) is 0 Å². The second-order valence-electron chi connectivity index (χ2n) is 6.39. The molecule has 0 radical (unpaired) electrons. The average molecular weight is 366 g/mol. The number of thiophene rings is 1. The fourth-order valence-corrected chi connectivity index (χ4v) is 3.72. The number of rotatable bonds is 5. The molecule has 0 spiro atoms. The van der Waals surface area contributed by atoms with Gasteiger partial charge >= 0.3 is 0 Å². The smallest absolute Gasteiger partial charge is 0.0455 e. The Bertz CT molecular complexity index is 566. The van der Waals surface area contributed by atoms with Crippen molar-refractivity contribution in [2.24, 2.45) is 0 Å². The number of halogens is 1. The highest BCUT2D eigenvalue weighted by atomic mass is 79.9. The Balaban J connectivity index is 2.18. The summed E-state index contributed by atoms with van der Waals surface area (Å²) < 4.78 is 1.14. The summed E-state index contributed by atoms with van der Waals surface area (Å²) >= 11 is 5.44. The van der Waals surface area contributed by atoms with E-state index < -0.39 is 0 Å². The summed E-state index contributed by atoms with van der Waals surface area (Å²) in [5.41, 5.74) is 1.60. The third-order valence-electron chi connectivity index (χ3n) is 3.51. The lowest BCUT2D eigenvalue weighted by molar-refractivity contribution is 0.558. The van der Waals surface area contributed by atoms with E-state index >= 15 is 0 Å². The fraction of sp³-hybridized carbons (Fsp3) is 0.444. The van der Waals surface area contributed by atoms with Crippen LogP contribution in [0, 0.1) is 0 Å². The van der Waals surface area contributed by atoms with Crippen LogP contribution in [-0.2, 0) is 11.8 Å². The zero-order chi connectivity index (χ0) is 15.5. The lowest BCUT2D eigenvalue weighted by atomic mass is 9.95. The third-order valence-corrected chi connectivity index (χ3v) is 5.67. The van der Waals surface area contributed by atoms with Crippen molar-refractivity contribution in [2.45, 2.75) is 45.6 Å². The molecule has 0 amide bonds. The van der Waals surface area contributed by atoms with Gasteiger partial charge in [-0.05, 0) is 48.2 Å². The molecule has 0 aliphatic heterocycles. The molecule has 114 valence electrons. The Hall–Kier alpha value is -0.640. The van der Waals surface area contributed by atoms with Gasteiger partial charge < -0.3 is 5.32 Å². The summed E-state index contributed by atoms with van der Waals surface area (Å²) in [6.45, 7) is 10.00. The van der Waals surface area contributed by atoms with Gasteiger partial charge in [-0.3, -0.25) is 0 Å². The highest BCUT2D eigenvalue weighted by Gasteiger charge is 2.19. The molecule has 21 heavy (non-hydrogen) atoms. The van der Waals surface area contributed by atoms with Gasteiger partial charge in [0.15, 0.2) is 0 Å². The van der Waals surface area contributed by atoms with Crippen molar-refractivity contribution >= 4 is 27.3 Å². The lowest BCUT2D eigenvalue weighted by Crippen LogP contribution is -2.22. The molecule has 3 heteroatoms. The molecule has 1 aromatic heterocycles. The van der Waals surface area contributed by atoms with Crippen molar-refractivity contribution in [3.63, 3.8) is 0 Å². The lowest BCUT2D eigenvalue weighted by Gasteiger charge is -2.18. The highest BCUT2D eigenvalue weighted by Crippen LogP contribution is 2.33. The summed E-state index contributed by atoms with van der Waals surface area (Å²) in [6, 6.07) is 13.6. The van der Waals surface area contributed by atoms with Gasteiger partial charge in [-0.2, -0.15) is 0 Å². The molecular formula is C18H24BrNS. The topological polar surface area (TPSA) is 12.0 Å². The molecule has 0 aliphatic rings. The Morgan fingerprint density at radius 1 is 1.10 bits per heavy atom. The number of benzene rings is 1. The SMILES string of the molecule is CCNC(Cc1ccc(Br)cc1)c1ccc(C(C)(C)C)s1. The molecule has 1 unspecified atom stereocenters. The minimum absolute atomic E-state index is 0.233. The molecule has 1 heterocycles. The summed E-state index contributed by atoms with van der Waals surface area (Å²) in [6.07, 6.45) is 1.03. The van der Waals surface area contributed by atoms with E-state index in [-0.39, 0.29) is 5.41 Å². The maximum absolute atomic E-state index is 3.63. The van der Waals surface area contributed by atoms with Crippen molar-refractivity contribution < 1.29 is 0 Å². The first-order chi connectivity index (χ1) is 9.90. The first-order valence-electron chi connectivity index (χ1n) is 7.48. The van der Waals surface area contributed by atoms with Crippen molar-refractivity contribution in [1.82, 2.24) is 5.32 Å². The van der Waals surface area contributed by atoms with Gasteiger partial charge in [-0.25, -0.2) is 0 Å². The van der Waals surface area contributed by atoms with Crippen molar-refractivity contribution in [3.05, 3.63) is 56.2 Å². The predicted octanol–water partition coefficient (Wildman–Crippen LogP) is 5.70. The van der Waals surface area contributed by atoms with Crippen LogP contribution in [0.5, 0.6) is 0 Å². The fourth-order valence-electron chi connectivity index (χ4n) is 2.32. The van der Waals surface area contributed by atoms with Crippen LogP contribution < -0.4 is 5.32 Å². The van der Waals surface area contributed by atoms with E-state index in [1.54, 1.807) is 0 Å². The van der Waals surface area contributed by atoms with E-state index in [9.17, 15) is 0 Å². The molecule has 0 fully saturated rings. The van der Waals surface area contributed by atoms with E-state index in [4.69, 9.17) is 0 Å². The van der Waals surface area contributed by atoms with Gasteiger partial charge in [-0.15, -0.1) is 11.3 Å². The Labute approximate surface area is 140 Å². The highest BCUT2D eigenvalue weighted by molar-refractivity contribution is 9.10. The molecular weight excluding hydrogens is 342 g/mol. The van der Waals surface area contributed by atoms with E-state index in [0.717, 1.165) is 17.4 Å². The largest absolute Gasteiger partial charge is 0.309 e. The molecule has 0 saturated heterocycles. The second-order valence-corrected chi connectivity index (χ2v) is 8.42. The van der Waals surface area contributed by atoms with Crippen LogP contribution >= 0.6 is 27.3 Å². The van der Waals surface area contributed by atoms with Gasteiger partial charge in [0.05, 0.1) is 0 Å². The van der Waals surface area contributed by atoms with E-state index in [1.807, 2.05) is 11.3 Å². The van der Waals surface area contributed by atoms with Crippen LogP contribution in [0.1, 0.15) is 49.1 Å². The first-order valence-corrected chi connectivity index (χ1v) is 9.09. The molecule has 2 rings (SSSR count). The summed E-state index contributed by atoms with van der Waals surface area (Å²) in [5, 5.41) is 3.63. The van der Waals surface area contributed by atoms with E-state index in [1.165, 1.54) is 15.3 Å². The first kappa shape index (κ1) is 16.7. The molecule has 1 aromatic carbocycles. The number of likely N-dealkylation sites (N-methyl/N-ethyl adjacent to an activating group) is 1. The molecule has 1 nitrogen and oxygen atoms in total. The second kappa shape index (κ2) is 7.08. The Morgan fingerprint density at radius 3 is 2.29 bits per heavy atom.